The van der Waals surface area contributed by atoms with Crippen LogP contribution in [0.5, 0.6) is 0 Å². The first-order valence-corrected chi connectivity index (χ1v) is 10.4. The van der Waals surface area contributed by atoms with Crippen molar-refractivity contribution in [3.63, 3.8) is 0 Å². The van der Waals surface area contributed by atoms with E-state index in [0.717, 1.165) is 6.07 Å². The second-order valence-corrected chi connectivity index (χ2v) is 7.92. The predicted molar refractivity (Wildman–Crippen MR) is 104 cm³/mol. The number of amides is 1. The Bertz CT molecular complexity index is 949. The summed E-state index contributed by atoms with van der Waals surface area (Å²) < 4.78 is 64.8. The summed E-state index contributed by atoms with van der Waals surface area (Å²) in [6, 6.07) is 8.04. The summed E-state index contributed by atoms with van der Waals surface area (Å²) in [4.78, 5) is 15.9. The van der Waals surface area contributed by atoms with Crippen LogP contribution in [-0.4, -0.2) is 38.2 Å². The summed E-state index contributed by atoms with van der Waals surface area (Å²) in [6.07, 6.45) is -2.85. The first-order valence-electron chi connectivity index (χ1n) is 8.77. The molecule has 0 aliphatic heterocycles. The summed E-state index contributed by atoms with van der Waals surface area (Å²) in [5, 5.41) is 5.10. The summed E-state index contributed by atoms with van der Waals surface area (Å²) in [6.45, 7) is 1.80. The number of hydrogen-bond donors (Lipinski definition) is 3. The first-order chi connectivity index (χ1) is 13.6. The Balaban J connectivity index is 1.92. The van der Waals surface area contributed by atoms with Gasteiger partial charge in [0.2, 0.25) is 10.0 Å². The number of carbonyl (C=O) groups is 1. The van der Waals surface area contributed by atoms with Crippen LogP contribution in [0, 0.1) is 0 Å². The maximum Gasteiger partial charge on any atom is 0.419 e. The fourth-order valence-electron chi connectivity index (χ4n) is 2.46. The van der Waals surface area contributed by atoms with Crippen LogP contribution in [0.25, 0.3) is 0 Å². The van der Waals surface area contributed by atoms with Gasteiger partial charge in [0.25, 0.3) is 5.91 Å². The number of sulfonamides is 1. The van der Waals surface area contributed by atoms with Gasteiger partial charge in [-0.05, 0) is 36.8 Å². The lowest BCUT2D eigenvalue weighted by molar-refractivity contribution is -0.137. The zero-order valence-electron chi connectivity index (χ0n) is 15.6. The molecule has 1 amide bonds. The van der Waals surface area contributed by atoms with Crippen LogP contribution in [0.2, 0.25) is 0 Å². The molecule has 0 unspecified atom stereocenters. The van der Waals surface area contributed by atoms with Crippen LogP contribution in [0.4, 0.5) is 24.7 Å². The van der Waals surface area contributed by atoms with E-state index in [1.54, 1.807) is 6.92 Å². The first kappa shape index (κ1) is 22.5. The summed E-state index contributed by atoms with van der Waals surface area (Å²) in [5.74, 6) is -0.843. The molecule has 0 aliphatic carbocycles. The number of alkyl halides is 3. The predicted octanol–water partition coefficient (Wildman–Crippen LogP) is 3.09. The van der Waals surface area contributed by atoms with E-state index < -0.39 is 27.7 Å². The quantitative estimate of drug-likeness (QED) is 0.531. The van der Waals surface area contributed by atoms with E-state index in [2.05, 4.69) is 20.3 Å². The van der Waals surface area contributed by atoms with Crippen molar-refractivity contribution in [1.29, 1.82) is 0 Å². The fourth-order valence-corrected chi connectivity index (χ4v) is 3.58. The molecular weight excluding hydrogens is 409 g/mol. The molecule has 0 aliphatic rings. The van der Waals surface area contributed by atoms with Crippen molar-refractivity contribution in [3.05, 3.63) is 53.7 Å². The minimum Gasteiger partial charge on any atom is -0.368 e. The SMILES string of the molecule is CCCS(=O)(=O)Nc1cccc(C(=O)NCCNc2ncccc2C(F)(F)F)c1. The van der Waals surface area contributed by atoms with Crippen LogP contribution in [0.3, 0.4) is 0 Å². The summed E-state index contributed by atoms with van der Waals surface area (Å²) >= 11 is 0. The van der Waals surface area contributed by atoms with Crippen LogP contribution < -0.4 is 15.4 Å². The Morgan fingerprint density at radius 1 is 1.14 bits per heavy atom. The van der Waals surface area contributed by atoms with Crippen molar-refractivity contribution in [3.8, 4) is 0 Å². The maximum absolute atomic E-state index is 12.9. The molecule has 0 saturated carbocycles. The molecule has 1 aromatic carbocycles. The van der Waals surface area contributed by atoms with Crippen LogP contribution in [-0.2, 0) is 16.2 Å². The van der Waals surface area contributed by atoms with Crippen LogP contribution >= 0.6 is 0 Å². The Morgan fingerprint density at radius 2 is 1.90 bits per heavy atom. The number of aromatic nitrogens is 1. The zero-order valence-corrected chi connectivity index (χ0v) is 16.4. The third-order valence-corrected chi connectivity index (χ3v) is 5.18. The topological polar surface area (TPSA) is 100 Å². The van der Waals surface area contributed by atoms with Gasteiger partial charge in [0.05, 0.1) is 11.3 Å². The van der Waals surface area contributed by atoms with Gasteiger partial charge in [0, 0.05) is 30.5 Å². The second-order valence-electron chi connectivity index (χ2n) is 6.08. The highest BCUT2D eigenvalue weighted by molar-refractivity contribution is 7.92. The highest BCUT2D eigenvalue weighted by Gasteiger charge is 2.33. The monoisotopic (exact) mass is 430 g/mol. The molecule has 0 bridgehead atoms. The van der Waals surface area contributed by atoms with Crippen molar-refractivity contribution >= 4 is 27.4 Å². The van der Waals surface area contributed by atoms with E-state index in [9.17, 15) is 26.4 Å². The van der Waals surface area contributed by atoms with E-state index in [1.807, 2.05) is 0 Å². The van der Waals surface area contributed by atoms with Gasteiger partial charge in [-0.1, -0.05) is 13.0 Å². The molecule has 1 aromatic heterocycles. The minimum absolute atomic E-state index is 0.0225. The molecule has 0 fully saturated rings. The van der Waals surface area contributed by atoms with Crippen molar-refractivity contribution in [1.82, 2.24) is 10.3 Å². The molecule has 158 valence electrons. The lowest BCUT2D eigenvalue weighted by Crippen LogP contribution is -2.29. The molecule has 1 heterocycles. The number of pyridine rings is 1. The molecule has 2 aromatic rings. The molecule has 2 rings (SSSR count). The number of halogens is 3. The van der Waals surface area contributed by atoms with Gasteiger partial charge in [0.1, 0.15) is 5.82 Å². The standard InChI is InChI=1S/C18H21F3N4O3S/c1-2-11-29(27,28)25-14-6-3-5-13(12-14)17(26)24-10-9-23-16-15(18(19,20)21)7-4-8-22-16/h3-8,12,25H,2,9-11H2,1H3,(H,22,23)(H,24,26). The third-order valence-electron chi connectivity index (χ3n) is 3.69. The Labute approximate surface area is 166 Å². The lowest BCUT2D eigenvalue weighted by Gasteiger charge is -2.13. The third kappa shape index (κ3) is 6.93. The molecule has 29 heavy (non-hydrogen) atoms. The van der Waals surface area contributed by atoms with Gasteiger partial charge in [0.15, 0.2) is 0 Å². The highest BCUT2D eigenvalue weighted by Crippen LogP contribution is 2.33. The molecule has 0 atom stereocenters. The fraction of sp³-hybridized carbons (Fsp3) is 0.333. The van der Waals surface area contributed by atoms with E-state index in [4.69, 9.17) is 0 Å². The van der Waals surface area contributed by atoms with E-state index in [1.165, 1.54) is 36.5 Å². The molecule has 0 radical (unpaired) electrons. The summed E-state index contributed by atoms with van der Waals surface area (Å²) in [7, 11) is -3.49. The smallest absolute Gasteiger partial charge is 0.368 e. The average molecular weight is 430 g/mol. The Kier molecular flexibility index (Phi) is 7.43. The van der Waals surface area contributed by atoms with Crippen molar-refractivity contribution in [2.24, 2.45) is 0 Å². The van der Waals surface area contributed by atoms with Gasteiger partial charge in [-0.15, -0.1) is 0 Å². The van der Waals surface area contributed by atoms with E-state index in [-0.39, 0.29) is 35.9 Å². The zero-order chi connectivity index (χ0) is 21.5. The lowest BCUT2D eigenvalue weighted by atomic mass is 10.2. The highest BCUT2D eigenvalue weighted by atomic mass is 32.2. The van der Waals surface area contributed by atoms with Crippen molar-refractivity contribution in [2.45, 2.75) is 19.5 Å². The Hall–Kier alpha value is -2.82. The van der Waals surface area contributed by atoms with Gasteiger partial charge in [-0.2, -0.15) is 13.2 Å². The number of nitrogens with zero attached hydrogens (tertiary/aromatic N) is 1. The van der Waals surface area contributed by atoms with Gasteiger partial charge < -0.3 is 10.6 Å². The van der Waals surface area contributed by atoms with E-state index in [0.29, 0.717) is 6.42 Å². The largest absolute Gasteiger partial charge is 0.419 e. The second kappa shape index (κ2) is 9.59. The van der Waals surface area contributed by atoms with Gasteiger partial charge >= 0.3 is 6.18 Å². The summed E-state index contributed by atoms with van der Waals surface area (Å²) in [5.41, 5.74) is -0.415. The molecule has 0 saturated heterocycles. The molecule has 0 spiro atoms. The average Bonchev–Trinajstić information content (AvgIpc) is 2.64. The van der Waals surface area contributed by atoms with Crippen LogP contribution in [0.1, 0.15) is 29.3 Å². The number of carbonyl (C=O) groups excluding carboxylic acids is 1. The van der Waals surface area contributed by atoms with Gasteiger partial charge in [-0.25, -0.2) is 13.4 Å². The van der Waals surface area contributed by atoms with E-state index >= 15 is 0 Å². The number of benzene rings is 1. The number of anilines is 2. The maximum atomic E-state index is 12.9. The number of nitrogens with one attached hydrogen (secondary N) is 3. The van der Waals surface area contributed by atoms with Crippen molar-refractivity contribution in [2.75, 3.05) is 28.9 Å². The minimum atomic E-state index is -4.54. The van der Waals surface area contributed by atoms with Gasteiger partial charge in [-0.3, -0.25) is 9.52 Å². The molecule has 3 N–H and O–H groups in total. The normalized spacial score (nSPS) is 11.7. The number of hydrogen-bond acceptors (Lipinski definition) is 5. The Morgan fingerprint density at radius 3 is 2.59 bits per heavy atom. The number of rotatable bonds is 9. The van der Waals surface area contributed by atoms with Crippen LogP contribution in [0.15, 0.2) is 42.6 Å². The molecule has 11 heteroatoms. The van der Waals surface area contributed by atoms with Crippen molar-refractivity contribution < 1.29 is 26.4 Å². The molecular formula is C18H21F3N4O3S. The molecule has 7 nitrogen and oxygen atoms in total.